The fourth-order valence-corrected chi connectivity index (χ4v) is 3.80. The number of aryl methyl sites for hydroxylation is 1. The van der Waals surface area contributed by atoms with Crippen LogP contribution in [0.4, 0.5) is 5.69 Å². The van der Waals surface area contributed by atoms with Crippen molar-refractivity contribution in [1.29, 1.82) is 0 Å². The molecule has 1 heterocycles. The van der Waals surface area contributed by atoms with Crippen LogP contribution in [0.5, 0.6) is 0 Å². The highest BCUT2D eigenvalue weighted by Gasteiger charge is 2.47. The Hall–Kier alpha value is -2.69. The van der Waals surface area contributed by atoms with Crippen molar-refractivity contribution in [2.45, 2.75) is 19.0 Å². The molecular formula is C22H17Cl2N2O2+. The van der Waals surface area contributed by atoms with Crippen LogP contribution in [0.1, 0.15) is 32.3 Å². The van der Waals surface area contributed by atoms with Crippen LogP contribution in [0.3, 0.4) is 0 Å². The van der Waals surface area contributed by atoms with Crippen LogP contribution in [-0.2, 0) is 0 Å². The molecule has 0 fully saturated rings. The highest BCUT2D eigenvalue weighted by atomic mass is 35.5. The third-order valence-electron chi connectivity index (χ3n) is 4.90. The normalized spacial score (nSPS) is 18.7. The molecule has 2 unspecified atom stereocenters. The van der Waals surface area contributed by atoms with Crippen LogP contribution in [0, 0.1) is 6.92 Å². The SMILES string of the molecule is Cc1cc[n+](C2C(=O)c3ccccc3C(=O)C2Nc2cc(Cl)ccc2Cl)cc1. The Kier molecular flexibility index (Phi) is 4.92. The molecule has 1 aliphatic carbocycles. The van der Waals surface area contributed by atoms with Gasteiger partial charge in [0.1, 0.15) is 0 Å². The van der Waals surface area contributed by atoms with Gasteiger partial charge in [-0.3, -0.25) is 9.59 Å². The Balaban J connectivity index is 1.84. The van der Waals surface area contributed by atoms with Gasteiger partial charge in [-0.25, -0.2) is 0 Å². The Morgan fingerprint density at radius 2 is 1.54 bits per heavy atom. The number of nitrogens with zero attached hydrogens (tertiary/aromatic N) is 1. The average Bonchev–Trinajstić information content (AvgIpc) is 2.70. The van der Waals surface area contributed by atoms with Crippen molar-refractivity contribution in [1.82, 2.24) is 0 Å². The third-order valence-corrected chi connectivity index (χ3v) is 5.47. The molecule has 6 heteroatoms. The second-order valence-electron chi connectivity index (χ2n) is 6.79. The van der Waals surface area contributed by atoms with Crippen molar-refractivity contribution in [3.05, 3.63) is 93.7 Å². The number of carbonyl (C=O) groups excluding carboxylic acids is 2. The number of halogens is 2. The molecule has 0 amide bonds. The van der Waals surface area contributed by atoms with E-state index in [1.165, 1.54) is 0 Å². The van der Waals surface area contributed by atoms with Gasteiger partial charge in [0.2, 0.25) is 11.8 Å². The van der Waals surface area contributed by atoms with Gasteiger partial charge >= 0.3 is 0 Å². The number of Topliss-reactive ketones (excluding diaryl/α,β-unsaturated/α-hetero) is 2. The summed E-state index contributed by atoms with van der Waals surface area (Å²) in [7, 11) is 0. The number of hydrogen-bond acceptors (Lipinski definition) is 3. The second-order valence-corrected chi connectivity index (χ2v) is 7.63. The number of ketones is 2. The molecule has 1 aromatic heterocycles. The molecule has 3 aromatic rings. The molecule has 0 saturated heterocycles. The number of carbonyl (C=O) groups is 2. The lowest BCUT2D eigenvalue weighted by Gasteiger charge is -2.28. The summed E-state index contributed by atoms with van der Waals surface area (Å²) in [5, 5.41) is 4.08. The Morgan fingerprint density at radius 1 is 0.893 bits per heavy atom. The number of hydrogen-bond donors (Lipinski definition) is 1. The molecule has 0 spiro atoms. The Labute approximate surface area is 172 Å². The van der Waals surface area contributed by atoms with Crippen LogP contribution < -0.4 is 9.88 Å². The van der Waals surface area contributed by atoms with Gasteiger partial charge in [-0.15, -0.1) is 0 Å². The van der Waals surface area contributed by atoms with Crippen molar-refractivity contribution < 1.29 is 14.2 Å². The van der Waals surface area contributed by atoms with Crippen LogP contribution in [0.2, 0.25) is 10.0 Å². The standard InChI is InChI=1S/C22H17Cl2N2O2/c1-13-8-10-26(11-9-13)20-19(25-18-12-14(23)6-7-17(18)24)21(27)15-4-2-3-5-16(15)22(20)28/h2-12,19-20,25H,1H3/q+1. The number of rotatable bonds is 3. The number of pyridine rings is 1. The Morgan fingerprint density at radius 3 is 2.21 bits per heavy atom. The van der Waals surface area contributed by atoms with E-state index in [0.717, 1.165) is 5.56 Å². The summed E-state index contributed by atoms with van der Waals surface area (Å²) in [6, 6.07) is 14.1. The van der Waals surface area contributed by atoms with Gasteiger partial charge in [0.05, 0.1) is 10.7 Å². The summed E-state index contributed by atoms with van der Waals surface area (Å²) in [5.41, 5.74) is 2.42. The maximum Gasteiger partial charge on any atom is 0.247 e. The molecule has 1 N–H and O–H groups in total. The first-order valence-electron chi connectivity index (χ1n) is 8.82. The van der Waals surface area contributed by atoms with E-state index in [1.807, 2.05) is 31.5 Å². The lowest BCUT2D eigenvalue weighted by molar-refractivity contribution is -0.707. The molecule has 4 rings (SSSR count). The van der Waals surface area contributed by atoms with Gasteiger partial charge in [-0.1, -0.05) is 47.5 Å². The quantitative estimate of drug-likeness (QED) is 0.635. The minimum atomic E-state index is -0.814. The second kappa shape index (κ2) is 7.38. The van der Waals surface area contributed by atoms with Gasteiger partial charge in [0.15, 0.2) is 24.2 Å². The predicted octanol–water partition coefficient (Wildman–Crippen LogP) is 4.69. The highest BCUT2D eigenvalue weighted by Crippen LogP contribution is 2.32. The zero-order valence-electron chi connectivity index (χ0n) is 15.0. The molecular weight excluding hydrogens is 395 g/mol. The first-order chi connectivity index (χ1) is 13.5. The highest BCUT2D eigenvalue weighted by molar-refractivity contribution is 6.35. The smallest absolute Gasteiger partial charge is 0.247 e. The molecule has 0 saturated carbocycles. The number of benzene rings is 2. The largest absolute Gasteiger partial charge is 0.368 e. The minimum Gasteiger partial charge on any atom is -0.368 e. The maximum atomic E-state index is 13.3. The van der Waals surface area contributed by atoms with E-state index >= 15 is 0 Å². The van der Waals surface area contributed by atoms with Gasteiger partial charge < -0.3 is 5.32 Å². The summed E-state index contributed by atoms with van der Waals surface area (Å²) in [4.78, 5) is 26.6. The van der Waals surface area contributed by atoms with Crippen LogP contribution in [-0.4, -0.2) is 17.6 Å². The van der Waals surface area contributed by atoms with Gasteiger partial charge in [0.25, 0.3) is 0 Å². The molecule has 4 nitrogen and oxygen atoms in total. The summed E-state index contributed by atoms with van der Waals surface area (Å²) in [6.07, 6.45) is 3.63. The van der Waals surface area contributed by atoms with Crippen molar-refractivity contribution in [2.24, 2.45) is 0 Å². The lowest BCUT2D eigenvalue weighted by atomic mass is 9.82. The monoisotopic (exact) mass is 411 g/mol. The number of anilines is 1. The fraction of sp³-hybridized carbons (Fsp3) is 0.136. The molecule has 1 aliphatic rings. The van der Waals surface area contributed by atoms with E-state index in [4.69, 9.17) is 23.2 Å². The third kappa shape index (κ3) is 3.30. The predicted molar refractivity (Wildman–Crippen MR) is 109 cm³/mol. The molecule has 0 radical (unpaired) electrons. The van der Waals surface area contributed by atoms with E-state index in [2.05, 4.69) is 5.32 Å². The van der Waals surface area contributed by atoms with Crippen LogP contribution >= 0.6 is 23.2 Å². The average molecular weight is 412 g/mol. The molecule has 2 atom stereocenters. The van der Waals surface area contributed by atoms with Gasteiger partial charge in [-0.2, -0.15) is 4.57 Å². The van der Waals surface area contributed by atoms with E-state index in [0.29, 0.717) is 26.9 Å². The fourth-order valence-electron chi connectivity index (χ4n) is 3.46. The lowest BCUT2D eigenvalue weighted by Crippen LogP contribution is -2.57. The minimum absolute atomic E-state index is 0.125. The summed E-state index contributed by atoms with van der Waals surface area (Å²) >= 11 is 12.4. The first-order valence-corrected chi connectivity index (χ1v) is 9.58. The summed E-state index contributed by atoms with van der Waals surface area (Å²) in [5.74, 6) is -0.288. The molecule has 28 heavy (non-hydrogen) atoms. The summed E-state index contributed by atoms with van der Waals surface area (Å²) < 4.78 is 1.76. The van der Waals surface area contributed by atoms with Crippen molar-refractivity contribution in [3.63, 3.8) is 0 Å². The molecule has 0 bridgehead atoms. The van der Waals surface area contributed by atoms with Crippen molar-refractivity contribution >= 4 is 40.5 Å². The van der Waals surface area contributed by atoms with Crippen LogP contribution in [0.25, 0.3) is 0 Å². The van der Waals surface area contributed by atoms with Crippen molar-refractivity contribution in [3.8, 4) is 0 Å². The summed E-state index contributed by atoms with van der Waals surface area (Å²) in [6.45, 7) is 1.97. The maximum absolute atomic E-state index is 13.3. The number of nitrogens with one attached hydrogen (secondary N) is 1. The number of fused-ring (bicyclic) bond motifs is 1. The zero-order chi connectivity index (χ0) is 19.8. The molecule has 0 aliphatic heterocycles. The first kappa shape index (κ1) is 18.7. The topological polar surface area (TPSA) is 50.0 Å². The van der Waals surface area contributed by atoms with Crippen LogP contribution in [0.15, 0.2) is 67.0 Å². The zero-order valence-corrected chi connectivity index (χ0v) is 16.5. The van der Waals surface area contributed by atoms with E-state index in [1.54, 1.807) is 47.0 Å². The molecule has 2 aromatic carbocycles. The number of aromatic nitrogens is 1. The van der Waals surface area contributed by atoms with E-state index in [9.17, 15) is 9.59 Å². The van der Waals surface area contributed by atoms with Gasteiger partial charge in [0, 0.05) is 28.3 Å². The Bertz CT molecular complexity index is 1080. The van der Waals surface area contributed by atoms with E-state index < -0.39 is 12.1 Å². The van der Waals surface area contributed by atoms with Gasteiger partial charge in [-0.05, 0) is 30.7 Å². The van der Waals surface area contributed by atoms with E-state index in [-0.39, 0.29) is 11.6 Å². The van der Waals surface area contributed by atoms with Crippen molar-refractivity contribution in [2.75, 3.05) is 5.32 Å². The molecule has 140 valence electrons.